The van der Waals surface area contributed by atoms with Crippen LogP contribution >= 0.6 is 0 Å². The lowest BCUT2D eigenvalue weighted by atomic mass is 10.2. The fraction of sp³-hybridized carbons (Fsp3) is 0.214. The minimum atomic E-state index is -0.381. The topological polar surface area (TPSA) is 74.3 Å². The molecule has 0 amide bonds. The van der Waals surface area contributed by atoms with E-state index in [4.69, 9.17) is 5.11 Å². The molecule has 1 heterocycles. The number of esters is 1. The fourth-order valence-electron chi connectivity index (χ4n) is 1.75. The molecule has 0 saturated heterocycles. The first-order chi connectivity index (χ1) is 9.22. The number of benzene rings is 1. The highest BCUT2D eigenvalue weighted by molar-refractivity contribution is 5.87. The van der Waals surface area contributed by atoms with Gasteiger partial charge in [0.25, 0.3) is 0 Å². The fourth-order valence-corrected chi connectivity index (χ4v) is 1.75. The molecule has 2 rings (SSSR count). The number of aromatic amines is 1. The molecule has 0 spiro atoms. The average Bonchev–Trinajstić information content (AvgIpc) is 2.93. The Morgan fingerprint density at radius 1 is 1.37 bits per heavy atom. The number of aliphatic hydroxyl groups excluding tert-OH is 1. The van der Waals surface area contributed by atoms with Gasteiger partial charge in [-0.05, 0) is 29.8 Å². The van der Waals surface area contributed by atoms with Gasteiger partial charge in [-0.3, -0.25) is 0 Å². The molecule has 0 aliphatic rings. The molecular weight excluding hydrogens is 244 g/mol. The second-order valence-electron chi connectivity index (χ2n) is 4.10. The molecule has 0 atom stereocenters. The summed E-state index contributed by atoms with van der Waals surface area (Å²) in [5.41, 5.74) is 3.09. The first-order valence-corrected chi connectivity index (χ1v) is 5.93. The first-order valence-electron chi connectivity index (χ1n) is 5.93. The number of aliphatic hydroxyl groups is 1. The van der Waals surface area contributed by atoms with Gasteiger partial charge in [-0.2, -0.15) is 0 Å². The molecule has 0 unspecified atom stereocenters. The molecule has 0 radical (unpaired) electrons. The summed E-state index contributed by atoms with van der Waals surface area (Å²) in [5.74, 6) is -0.381. The van der Waals surface area contributed by atoms with Crippen molar-refractivity contribution in [3.8, 4) is 0 Å². The predicted octanol–water partition coefficient (Wildman–Crippen LogP) is 1.91. The van der Waals surface area contributed by atoms with E-state index in [0.29, 0.717) is 12.2 Å². The van der Waals surface area contributed by atoms with Crippen LogP contribution in [0.2, 0.25) is 0 Å². The number of hydrogen-bond acceptors (Lipinski definition) is 4. The van der Waals surface area contributed by atoms with Crippen LogP contribution in [-0.4, -0.2) is 23.2 Å². The van der Waals surface area contributed by atoms with Gasteiger partial charge >= 0.3 is 5.97 Å². The Kier molecular flexibility index (Phi) is 4.20. The van der Waals surface area contributed by atoms with Crippen LogP contribution in [-0.2, 0) is 17.9 Å². The Labute approximate surface area is 111 Å². The third kappa shape index (κ3) is 3.35. The van der Waals surface area contributed by atoms with E-state index in [1.165, 1.54) is 7.11 Å². The van der Waals surface area contributed by atoms with Gasteiger partial charge in [0.15, 0.2) is 0 Å². The zero-order valence-electron chi connectivity index (χ0n) is 10.6. The molecular formula is C14H16N2O3. The number of nitrogens with one attached hydrogen (secondary N) is 2. The lowest BCUT2D eigenvalue weighted by Crippen LogP contribution is -2.03. The summed E-state index contributed by atoms with van der Waals surface area (Å²) in [7, 11) is 1.35. The van der Waals surface area contributed by atoms with Gasteiger partial charge in [0.05, 0.1) is 20.3 Å². The van der Waals surface area contributed by atoms with Crippen LogP contribution in [0.15, 0.2) is 36.4 Å². The molecule has 0 bridgehead atoms. The molecule has 5 heteroatoms. The maximum absolute atomic E-state index is 11.3. The van der Waals surface area contributed by atoms with Crippen molar-refractivity contribution in [3.05, 3.63) is 53.3 Å². The second kappa shape index (κ2) is 6.06. The van der Waals surface area contributed by atoms with Gasteiger partial charge in [-0.1, -0.05) is 12.1 Å². The third-order valence-corrected chi connectivity index (χ3v) is 2.74. The maximum atomic E-state index is 11.3. The molecule has 0 aliphatic carbocycles. The number of rotatable bonds is 5. The first kappa shape index (κ1) is 13.2. The van der Waals surface area contributed by atoms with Crippen LogP contribution in [0.3, 0.4) is 0 Å². The smallest absolute Gasteiger partial charge is 0.354 e. The van der Waals surface area contributed by atoms with Gasteiger partial charge in [0, 0.05) is 11.4 Å². The number of hydrogen-bond donors (Lipinski definition) is 3. The SMILES string of the molecule is COC(=O)c1ccc(CNc2cccc(CO)c2)[nH]1. The van der Waals surface area contributed by atoms with Crippen molar-refractivity contribution in [1.82, 2.24) is 4.98 Å². The molecule has 100 valence electrons. The Balaban J connectivity index is 1.98. The van der Waals surface area contributed by atoms with Crippen molar-refractivity contribution in [2.75, 3.05) is 12.4 Å². The number of methoxy groups -OCH3 is 1. The number of ether oxygens (including phenoxy) is 1. The van der Waals surface area contributed by atoms with Gasteiger partial charge in [0.1, 0.15) is 5.69 Å². The van der Waals surface area contributed by atoms with Crippen molar-refractivity contribution in [2.24, 2.45) is 0 Å². The van der Waals surface area contributed by atoms with Crippen molar-refractivity contribution in [2.45, 2.75) is 13.2 Å². The van der Waals surface area contributed by atoms with Gasteiger partial charge < -0.3 is 20.1 Å². The van der Waals surface area contributed by atoms with Crippen LogP contribution in [0.4, 0.5) is 5.69 Å². The van der Waals surface area contributed by atoms with Gasteiger partial charge in [0.2, 0.25) is 0 Å². The van der Waals surface area contributed by atoms with Crippen molar-refractivity contribution < 1.29 is 14.6 Å². The molecule has 0 saturated carbocycles. The molecule has 1 aromatic carbocycles. The summed E-state index contributed by atoms with van der Waals surface area (Å²) < 4.78 is 4.62. The Morgan fingerprint density at radius 2 is 2.21 bits per heavy atom. The summed E-state index contributed by atoms with van der Waals surface area (Å²) in [5, 5.41) is 12.3. The maximum Gasteiger partial charge on any atom is 0.354 e. The van der Waals surface area contributed by atoms with Crippen molar-refractivity contribution in [3.63, 3.8) is 0 Å². The minimum absolute atomic E-state index is 0.0184. The van der Waals surface area contributed by atoms with Gasteiger partial charge in [-0.15, -0.1) is 0 Å². The molecule has 5 nitrogen and oxygen atoms in total. The van der Waals surface area contributed by atoms with Crippen LogP contribution in [0.1, 0.15) is 21.7 Å². The minimum Gasteiger partial charge on any atom is -0.464 e. The Hall–Kier alpha value is -2.27. The van der Waals surface area contributed by atoms with E-state index in [1.54, 1.807) is 6.07 Å². The molecule has 0 aliphatic heterocycles. The monoisotopic (exact) mass is 260 g/mol. The molecule has 19 heavy (non-hydrogen) atoms. The normalized spacial score (nSPS) is 10.2. The highest BCUT2D eigenvalue weighted by Gasteiger charge is 2.07. The largest absolute Gasteiger partial charge is 0.464 e. The number of aromatic nitrogens is 1. The zero-order valence-corrected chi connectivity index (χ0v) is 10.6. The summed E-state index contributed by atoms with van der Waals surface area (Å²) in [4.78, 5) is 14.3. The number of anilines is 1. The zero-order chi connectivity index (χ0) is 13.7. The lowest BCUT2D eigenvalue weighted by Gasteiger charge is -2.06. The lowest BCUT2D eigenvalue weighted by molar-refractivity contribution is 0.0594. The summed E-state index contributed by atoms with van der Waals surface area (Å²) in [6, 6.07) is 11.0. The number of carbonyl (C=O) groups excluding carboxylic acids is 1. The number of H-pyrrole nitrogens is 1. The predicted molar refractivity (Wildman–Crippen MR) is 71.8 cm³/mol. The van der Waals surface area contributed by atoms with Crippen LogP contribution in [0.5, 0.6) is 0 Å². The Morgan fingerprint density at radius 3 is 2.95 bits per heavy atom. The highest BCUT2D eigenvalue weighted by Crippen LogP contribution is 2.12. The number of carbonyl (C=O) groups is 1. The van der Waals surface area contributed by atoms with Crippen LogP contribution in [0, 0.1) is 0 Å². The van der Waals surface area contributed by atoms with E-state index < -0.39 is 0 Å². The standard InChI is InChI=1S/C14H16N2O3/c1-19-14(18)13-6-5-12(16-13)8-15-11-4-2-3-10(7-11)9-17/h2-7,15-17H,8-9H2,1H3. The van der Waals surface area contributed by atoms with Crippen LogP contribution < -0.4 is 5.32 Å². The van der Waals surface area contributed by atoms with Crippen molar-refractivity contribution >= 4 is 11.7 Å². The van der Waals surface area contributed by atoms with E-state index in [9.17, 15) is 4.79 Å². The quantitative estimate of drug-likeness (QED) is 0.718. The summed E-state index contributed by atoms with van der Waals surface area (Å²) in [6.07, 6.45) is 0. The van der Waals surface area contributed by atoms with E-state index in [0.717, 1.165) is 16.9 Å². The van der Waals surface area contributed by atoms with E-state index in [2.05, 4.69) is 15.0 Å². The van der Waals surface area contributed by atoms with E-state index >= 15 is 0 Å². The Bertz CT molecular complexity index is 563. The molecule has 3 N–H and O–H groups in total. The van der Waals surface area contributed by atoms with Gasteiger partial charge in [-0.25, -0.2) is 4.79 Å². The third-order valence-electron chi connectivity index (χ3n) is 2.74. The molecule has 2 aromatic rings. The van der Waals surface area contributed by atoms with E-state index in [1.807, 2.05) is 30.3 Å². The average molecular weight is 260 g/mol. The highest BCUT2D eigenvalue weighted by atomic mass is 16.5. The van der Waals surface area contributed by atoms with E-state index in [-0.39, 0.29) is 12.6 Å². The van der Waals surface area contributed by atoms with Crippen LogP contribution in [0.25, 0.3) is 0 Å². The van der Waals surface area contributed by atoms with Crippen molar-refractivity contribution in [1.29, 1.82) is 0 Å². The second-order valence-corrected chi connectivity index (χ2v) is 4.10. The molecule has 0 fully saturated rings. The summed E-state index contributed by atoms with van der Waals surface area (Å²) in [6.45, 7) is 0.580. The summed E-state index contributed by atoms with van der Waals surface area (Å²) >= 11 is 0. The molecule has 1 aromatic heterocycles.